The summed E-state index contributed by atoms with van der Waals surface area (Å²) in [6, 6.07) is 2.09. The van der Waals surface area contributed by atoms with Crippen molar-refractivity contribution in [3.8, 4) is 5.75 Å². The summed E-state index contributed by atoms with van der Waals surface area (Å²) < 4.78 is 2.12. The molecule has 124 valence electrons. The molecule has 1 aromatic heterocycles. The second-order valence-corrected chi connectivity index (χ2v) is 7.48. The third kappa shape index (κ3) is 3.37. The van der Waals surface area contributed by atoms with E-state index in [4.69, 9.17) is 0 Å². The molecule has 4 nitrogen and oxygen atoms in total. The number of aromatic nitrogens is 1. The minimum Gasteiger partial charge on any atom is -0.503 e. The van der Waals surface area contributed by atoms with Crippen molar-refractivity contribution in [1.82, 2.24) is 9.47 Å². The van der Waals surface area contributed by atoms with Crippen LogP contribution in [0.5, 0.6) is 5.75 Å². The van der Waals surface area contributed by atoms with Crippen molar-refractivity contribution in [2.24, 2.45) is 0 Å². The van der Waals surface area contributed by atoms with Gasteiger partial charge in [-0.25, -0.2) is 0 Å². The molecule has 1 aliphatic rings. The number of pyridine rings is 1. The molecule has 0 aliphatic carbocycles. The summed E-state index contributed by atoms with van der Waals surface area (Å²) in [6.07, 6.45) is 4.80. The van der Waals surface area contributed by atoms with Crippen LogP contribution in [-0.4, -0.2) is 27.2 Å². The first-order valence-corrected chi connectivity index (χ1v) is 8.44. The van der Waals surface area contributed by atoms with E-state index in [1.54, 1.807) is 0 Å². The Kier molecular flexibility index (Phi) is 5.00. The zero-order valence-electron chi connectivity index (χ0n) is 14.6. The SMILES string of the molecule is CCC1CCCCN1Cc1c(O)c(=O)cc(C)n1C(C)(C)C. The Labute approximate surface area is 133 Å². The number of rotatable bonds is 3. The highest BCUT2D eigenvalue weighted by Gasteiger charge is 2.27. The highest BCUT2D eigenvalue weighted by molar-refractivity contribution is 5.31. The molecule has 2 heterocycles. The third-order valence-corrected chi connectivity index (χ3v) is 4.71. The molecule has 1 aromatic rings. The fraction of sp³-hybridized carbons (Fsp3) is 0.722. The molecule has 0 saturated carbocycles. The van der Waals surface area contributed by atoms with Gasteiger partial charge in [0.25, 0.3) is 0 Å². The predicted molar refractivity (Wildman–Crippen MR) is 90.4 cm³/mol. The number of piperidine rings is 1. The molecule has 1 saturated heterocycles. The molecule has 1 unspecified atom stereocenters. The lowest BCUT2D eigenvalue weighted by Crippen LogP contribution is -2.41. The first-order chi connectivity index (χ1) is 10.3. The quantitative estimate of drug-likeness (QED) is 0.931. The van der Waals surface area contributed by atoms with Crippen molar-refractivity contribution in [3.05, 3.63) is 27.7 Å². The van der Waals surface area contributed by atoms with E-state index in [0.717, 1.165) is 24.4 Å². The van der Waals surface area contributed by atoms with Crippen molar-refractivity contribution in [1.29, 1.82) is 0 Å². The van der Waals surface area contributed by atoms with E-state index in [-0.39, 0.29) is 16.7 Å². The second kappa shape index (κ2) is 6.45. The van der Waals surface area contributed by atoms with E-state index in [1.807, 2.05) is 6.92 Å². The lowest BCUT2D eigenvalue weighted by atomic mass is 9.99. The minimum absolute atomic E-state index is 0.0825. The molecule has 22 heavy (non-hydrogen) atoms. The lowest BCUT2D eigenvalue weighted by molar-refractivity contribution is 0.128. The zero-order chi connectivity index (χ0) is 16.5. The van der Waals surface area contributed by atoms with Crippen LogP contribution in [0.4, 0.5) is 0 Å². The number of hydrogen-bond donors (Lipinski definition) is 1. The van der Waals surface area contributed by atoms with E-state index >= 15 is 0 Å². The van der Waals surface area contributed by atoms with Crippen LogP contribution in [0.3, 0.4) is 0 Å². The molecule has 0 amide bonds. The summed E-state index contributed by atoms with van der Waals surface area (Å²) in [5.74, 6) is -0.0825. The van der Waals surface area contributed by atoms with E-state index in [2.05, 4.69) is 37.2 Å². The molecule has 1 aliphatic heterocycles. The average Bonchev–Trinajstić information content (AvgIpc) is 2.43. The van der Waals surface area contributed by atoms with Gasteiger partial charge in [0, 0.05) is 29.9 Å². The van der Waals surface area contributed by atoms with Crippen LogP contribution in [0.15, 0.2) is 10.9 Å². The Balaban J connectivity index is 2.47. The lowest BCUT2D eigenvalue weighted by Gasteiger charge is -2.38. The molecule has 2 rings (SSSR count). The smallest absolute Gasteiger partial charge is 0.223 e. The van der Waals surface area contributed by atoms with Crippen LogP contribution in [0.1, 0.15) is 64.8 Å². The number of nitrogens with zero attached hydrogens (tertiary/aromatic N) is 2. The normalized spacial score (nSPS) is 20.3. The van der Waals surface area contributed by atoms with Crippen molar-refractivity contribution in [2.75, 3.05) is 6.54 Å². The fourth-order valence-electron chi connectivity index (χ4n) is 3.79. The van der Waals surface area contributed by atoms with Crippen molar-refractivity contribution >= 4 is 0 Å². The summed E-state index contributed by atoms with van der Waals surface area (Å²) in [5.41, 5.74) is 1.24. The van der Waals surface area contributed by atoms with Gasteiger partial charge in [-0.2, -0.15) is 0 Å². The maximum Gasteiger partial charge on any atom is 0.223 e. The molecule has 1 fully saturated rings. The Bertz CT molecular complexity index is 584. The van der Waals surface area contributed by atoms with E-state index in [9.17, 15) is 9.90 Å². The summed E-state index contributed by atoms with van der Waals surface area (Å²) in [5, 5.41) is 10.4. The Morgan fingerprint density at radius 1 is 1.32 bits per heavy atom. The van der Waals surface area contributed by atoms with Gasteiger partial charge in [0.05, 0.1) is 5.69 Å². The largest absolute Gasteiger partial charge is 0.503 e. The van der Waals surface area contributed by atoms with Gasteiger partial charge in [0.1, 0.15) is 0 Å². The molecular formula is C18H30N2O2. The summed E-state index contributed by atoms with van der Waals surface area (Å²) in [6.45, 7) is 12.2. The Morgan fingerprint density at radius 2 is 2.00 bits per heavy atom. The molecule has 1 N–H and O–H groups in total. The first kappa shape index (κ1) is 17.1. The number of likely N-dealkylation sites (tertiary alicyclic amines) is 1. The topological polar surface area (TPSA) is 45.5 Å². The molecule has 1 atom stereocenters. The maximum absolute atomic E-state index is 12.1. The Hall–Kier alpha value is -1.29. The van der Waals surface area contributed by atoms with Gasteiger partial charge in [-0.1, -0.05) is 13.3 Å². The fourth-order valence-corrected chi connectivity index (χ4v) is 3.79. The van der Waals surface area contributed by atoms with Crippen LogP contribution in [0.2, 0.25) is 0 Å². The second-order valence-electron chi connectivity index (χ2n) is 7.48. The van der Waals surface area contributed by atoms with Gasteiger partial charge >= 0.3 is 0 Å². The number of hydrogen-bond acceptors (Lipinski definition) is 3. The molecule has 4 heteroatoms. The van der Waals surface area contributed by atoms with Crippen molar-refractivity contribution in [3.63, 3.8) is 0 Å². The highest BCUT2D eigenvalue weighted by atomic mass is 16.3. The molecule has 0 bridgehead atoms. The van der Waals surface area contributed by atoms with E-state index in [1.165, 1.54) is 25.3 Å². The van der Waals surface area contributed by atoms with Gasteiger partial charge < -0.3 is 9.67 Å². The zero-order valence-corrected chi connectivity index (χ0v) is 14.6. The van der Waals surface area contributed by atoms with Crippen molar-refractivity contribution < 1.29 is 5.11 Å². The highest BCUT2D eigenvalue weighted by Crippen LogP contribution is 2.28. The van der Waals surface area contributed by atoms with Gasteiger partial charge in [0.2, 0.25) is 5.43 Å². The summed E-state index contributed by atoms with van der Waals surface area (Å²) in [7, 11) is 0. The van der Waals surface area contributed by atoms with Crippen molar-refractivity contribution in [2.45, 2.75) is 78.4 Å². The molecular weight excluding hydrogens is 276 g/mol. The monoisotopic (exact) mass is 306 g/mol. The van der Waals surface area contributed by atoms with E-state index in [0.29, 0.717) is 12.6 Å². The van der Waals surface area contributed by atoms with Crippen LogP contribution in [0.25, 0.3) is 0 Å². The third-order valence-electron chi connectivity index (χ3n) is 4.71. The standard InChI is InChI=1S/C18H30N2O2/c1-6-14-9-7-8-10-19(14)12-15-17(22)16(21)11-13(2)20(15)18(3,4)5/h11,14,22H,6-10,12H2,1-5H3. The van der Waals surface area contributed by atoms with Crippen LogP contribution in [0, 0.1) is 6.92 Å². The minimum atomic E-state index is -0.266. The molecule has 0 aromatic carbocycles. The predicted octanol–water partition coefficient (Wildman–Crippen LogP) is 3.38. The van der Waals surface area contributed by atoms with Crippen LogP contribution >= 0.6 is 0 Å². The summed E-state index contributed by atoms with van der Waals surface area (Å²) in [4.78, 5) is 14.5. The number of aryl methyl sites for hydroxylation is 1. The van der Waals surface area contributed by atoms with Gasteiger partial charge in [0.15, 0.2) is 5.75 Å². The Morgan fingerprint density at radius 3 is 2.59 bits per heavy atom. The first-order valence-electron chi connectivity index (χ1n) is 8.44. The maximum atomic E-state index is 12.1. The molecule has 0 radical (unpaired) electrons. The number of aromatic hydroxyl groups is 1. The van der Waals surface area contributed by atoms with Gasteiger partial charge in [-0.15, -0.1) is 0 Å². The molecule has 0 spiro atoms. The van der Waals surface area contributed by atoms with Crippen LogP contribution in [-0.2, 0) is 12.1 Å². The van der Waals surface area contributed by atoms with E-state index < -0.39 is 0 Å². The van der Waals surface area contributed by atoms with Gasteiger partial charge in [-0.05, 0) is 53.5 Å². The summed E-state index contributed by atoms with van der Waals surface area (Å²) >= 11 is 0. The average molecular weight is 306 g/mol. The van der Waals surface area contributed by atoms with Gasteiger partial charge in [-0.3, -0.25) is 9.69 Å². The van der Waals surface area contributed by atoms with Crippen LogP contribution < -0.4 is 5.43 Å².